The molecule has 0 bridgehead atoms. The SMILES string of the molecule is CCC(c1ccc(Cl)c(NC(=O)[C@H](N)[C@@H](C)C(F)(F)F)c1)[C@@H](C)C(=O)O. The molecule has 4 atom stereocenters. The Morgan fingerprint density at radius 2 is 1.88 bits per heavy atom. The predicted molar refractivity (Wildman–Crippen MR) is 93.1 cm³/mol. The normalized spacial score (nSPS) is 16.5. The third-order valence-corrected chi connectivity index (χ3v) is 4.80. The number of benzene rings is 1. The third kappa shape index (κ3) is 5.35. The van der Waals surface area contributed by atoms with Gasteiger partial charge >= 0.3 is 12.1 Å². The molecule has 1 amide bonds. The number of anilines is 1. The van der Waals surface area contributed by atoms with Gasteiger partial charge in [0.1, 0.15) is 0 Å². The van der Waals surface area contributed by atoms with E-state index in [1.54, 1.807) is 13.0 Å². The number of alkyl halides is 3. The highest BCUT2D eigenvalue weighted by molar-refractivity contribution is 6.33. The molecule has 0 aromatic heterocycles. The van der Waals surface area contributed by atoms with E-state index in [4.69, 9.17) is 17.3 Å². The second-order valence-corrected chi connectivity index (χ2v) is 6.63. The average Bonchev–Trinajstić information content (AvgIpc) is 2.55. The maximum Gasteiger partial charge on any atom is 0.393 e. The molecular weight excluding hydrogens is 373 g/mol. The first kappa shape index (κ1) is 22.2. The van der Waals surface area contributed by atoms with Gasteiger partial charge in [-0.25, -0.2) is 0 Å². The van der Waals surface area contributed by atoms with Crippen LogP contribution in [0.4, 0.5) is 18.9 Å². The van der Waals surface area contributed by atoms with E-state index in [0.717, 1.165) is 6.92 Å². The van der Waals surface area contributed by atoms with Crippen LogP contribution in [-0.4, -0.2) is 29.2 Å². The summed E-state index contributed by atoms with van der Waals surface area (Å²) in [5.74, 6) is -5.05. The number of carboxylic acid groups (broad SMARTS) is 1. The minimum atomic E-state index is -4.60. The minimum absolute atomic E-state index is 0.0926. The van der Waals surface area contributed by atoms with Gasteiger partial charge in [0.15, 0.2) is 0 Å². The van der Waals surface area contributed by atoms with Crippen molar-refractivity contribution in [2.24, 2.45) is 17.6 Å². The lowest BCUT2D eigenvalue weighted by Crippen LogP contribution is -2.46. The van der Waals surface area contributed by atoms with Crippen molar-refractivity contribution in [1.82, 2.24) is 0 Å². The first-order valence-corrected chi connectivity index (χ1v) is 8.43. The van der Waals surface area contributed by atoms with Crippen molar-refractivity contribution in [2.45, 2.75) is 45.3 Å². The Morgan fingerprint density at radius 3 is 2.35 bits per heavy atom. The maximum atomic E-state index is 12.7. The highest BCUT2D eigenvalue weighted by atomic mass is 35.5. The molecule has 4 N–H and O–H groups in total. The molecule has 5 nitrogen and oxygen atoms in total. The van der Waals surface area contributed by atoms with Gasteiger partial charge in [0.2, 0.25) is 5.91 Å². The van der Waals surface area contributed by atoms with Crippen molar-refractivity contribution in [3.8, 4) is 0 Å². The summed E-state index contributed by atoms with van der Waals surface area (Å²) in [5, 5.41) is 11.6. The Morgan fingerprint density at radius 1 is 1.31 bits per heavy atom. The molecule has 0 spiro atoms. The molecule has 0 fully saturated rings. The number of rotatable bonds is 7. The first-order valence-electron chi connectivity index (χ1n) is 8.05. The van der Waals surface area contributed by atoms with Crippen LogP contribution in [-0.2, 0) is 9.59 Å². The van der Waals surface area contributed by atoms with Crippen molar-refractivity contribution >= 4 is 29.2 Å². The third-order valence-electron chi connectivity index (χ3n) is 4.47. The lowest BCUT2D eigenvalue weighted by Gasteiger charge is -2.23. The number of carbonyl (C=O) groups is 2. The van der Waals surface area contributed by atoms with Gasteiger partial charge < -0.3 is 16.2 Å². The number of carboxylic acids is 1. The van der Waals surface area contributed by atoms with Crippen LogP contribution < -0.4 is 11.1 Å². The first-order chi connectivity index (χ1) is 11.9. The van der Waals surface area contributed by atoms with E-state index >= 15 is 0 Å². The standard InChI is InChI=1S/C17H22ClF3N2O3/c1-4-11(8(2)16(25)26)10-5-6-12(18)13(7-10)23-15(24)14(22)9(3)17(19,20)21/h5-9,11,14H,4,22H2,1-3H3,(H,23,24)(H,25,26)/t8-,9-,11?,14-/m1/s1. The molecule has 1 aromatic rings. The molecule has 146 valence electrons. The predicted octanol–water partition coefficient (Wildman–Crippen LogP) is 4.02. The van der Waals surface area contributed by atoms with E-state index in [1.807, 2.05) is 6.92 Å². The van der Waals surface area contributed by atoms with Gasteiger partial charge in [-0.15, -0.1) is 0 Å². The fraction of sp³-hybridized carbons (Fsp3) is 0.529. The second-order valence-electron chi connectivity index (χ2n) is 6.23. The molecule has 26 heavy (non-hydrogen) atoms. The summed E-state index contributed by atoms with van der Waals surface area (Å²) < 4.78 is 38.1. The molecule has 1 rings (SSSR count). The molecule has 0 radical (unpaired) electrons. The van der Waals surface area contributed by atoms with Gasteiger partial charge in [-0.2, -0.15) is 13.2 Å². The van der Waals surface area contributed by atoms with E-state index < -0.39 is 35.9 Å². The minimum Gasteiger partial charge on any atom is -0.481 e. The van der Waals surface area contributed by atoms with Crippen molar-refractivity contribution in [3.05, 3.63) is 28.8 Å². The van der Waals surface area contributed by atoms with Crippen LogP contribution in [0.3, 0.4) is 0 Å². The van der Waals surface area contributed by atoms with E-state index in [0.29, 0.717) is 12.0 Å². The van der Waals surface area contributed by atoms with Crippen LogP contribution in [0.2, 0.25) is 5.02 Å². The second kappa shape index (κ2) is 8.73. The summed E-state index contributed by atoms with van der Waals surface area (Å²) in [6.45, 7) is 4.20. The zero-order valence-electron chi connectivity index (χ0n) is 14.6. The molecule has 1 aromatic carbocycles. The molecule has 0 aliphatic carbocycles. The van der Waals surface area contributed by atoms with Gasteiger partial charge in [0.25, 0.3) is 0 Å². The number of nitrogens with two attached hydrogens (primary N) is 1. The fourth-order valence-electron chi connectivity index (χ4n) is 2.57. The highest BCUT2D eigenvalue weighted by Gasteiger charge is 2.42. The smallest absolute Gasteiger partial charge is 0.393 e. The molecule has 0 saturated heterocycles. The van der Waals surface area contributed by atoms with E-state index in [9.17, 15) is 27.9 Å². The monoisotopic (exact) mass is 394 g/mol. The number of hydrogen-bond acceptors (Lipinski definition) is 3. The number of amides is 1. The van der Waals surface area contributed by atoms with Crippen LogP contribution in [0, 0.1) is 11.8 Å². The Labute approximate surface area is 154 Å². The lowest BCUT2D eigenvalue weighted by atomic mass is 9.85. The Balaban J connectivity index is 3.07. The van der Waals surface area contributed by atoms with Crippen LogP contribution in [0.5, 0.6) is 0 Å². The van der Waals surface area contributed by atoms with Crippen LogP contribution in [0.1, 0.15) is 38.7 Å². The molecular formula is C17H22ClF3N2O3. The number of halogens is 4. The summed E-state index contributed by atoms with van der Waals surface area (Å²) in [5.41, 5.74) is 6.11. The number of hydrogen-bond donors (Lipinski definition) is 3. The average molecular weight is 395 g/mol. The zero-order valence-corrected chi connectivity index (χ0v) is 15.4. The van der Waals surface area contributed by atoms with E-state index in [2.05, 4.69) is 5.32 Å². The van der Waals surface area contributed by atoms with Crippen LogP contribution in [0.25, 0.3) is 0 Å². The maximum absolute atomic E-state index is 12.7. The van der Waals surface area contributed by atoms with Crippen molar-refractivity contribution < 1.29 is 27.9 Å². The molecule has 1 unspecified atom stereocenters. The quantitative estimate of drug-likeness (QED) is 0.651. The Bertz CT molecular complexity index is 667. The summed E-state index contributed by atoms with van der Waals surface area (Å²) in [6, 6.07) is 2.76. The Hall–Kier alpha value is -1.80. The van der Waals surface area contributed by atoms with Gasteiger partial charge in [-0.1, -0.05) is 38.4 Å². The zero-order chi connectivity index (χ0) is 20.2. The summed E-state index contributed by atoms with van der Waals surface area (Å²) in [6.07, 6.45) is -4.08. The van der Waals surface area contributed by atoms with Crippen LogP contribution in [0.15, 0.2) is 18.2 Å². The van der Waals surface area contributed by atoms with Crippen molar-refractivity contribution in [3.63, 3.8) is 0 Å². The molecule has 0 saturated carbocycles. The summed E-state index contributed by atoms with van der Waals surface area (Å²) >= 11 is 6.01. The van der Waals surface area contributed by atoms with E-state index in [-0.39, 0.29) is 16.6 Å². The molecule has 0 heterocycles. The van der Waals surface area contributed by atoms with Crippen molar-refractivity contribution in [2.75, 3.05) is 5.32 Å². The van der Waals surface area contributed by atoms with Gasteiger partial charge in [0, 0.05) is 0 Å². The summed E-state index contributed by atoms with van der Waals surface area (Å²) in [4.78, 5) is 23.3. The molecule has 9 heteroatoms. The van der Waals surface area contributed by atoms with Gasteiger partial charge in [-0.3, -0.25) is 9.59 Å². The number of aliphatic carboxylic acids is 1. The van der Waals surface area contributed by atoms with E-state index in [1.165, 1.54) is 12.1 Å². The highest BCUT2D eigenvalue weighted by Crippen LogP contribution is 2.33. The topological polar surface area (TPSA) is 92.4 Å². The fourth-order valence-corrected chi connectivity index (χ4v) is 2.73. The summed E-state index contributed by atoms with van der Waals surface area (Å²) in [7, 11) is 0. The molecule has 0 aliphatic rings. The molecule has 0 aliphatic heterocycles. The van der Waals surface area contributed by atoms with Gasteiger partial charge in [0.05, 0.1) is 28.6 Å². The number of carbonyl (C=O) groups excluding carboxylic acids is 1. The lowest BCUT2D eigenvalue weighted by molar-refractivity contribution is -0.176. The van der Waals surface area contributed by atoms with Gasteiger partial charge in [-0.05, 0) is 30.0 Å². The van der Waals surface area contributed by atoms with Crippen LogP contribution >= 0.6 is 11.6 Å². The van der Waals surface area contributed by atoms with Crippen molar-refractivity contribution in [1.29, 1.82) is 0 Å². The Kier molecular flexibility index (Phi) is 7.46. The number of nitrogens with one attached hydrogen (secondary N) is 1. The largest absolute Gasteiger partial charge is 0.481 e.